The fourth-order valence-electron chi connectivity index (χ4n) is 0.975. The molecular weight excluding hydrogens is 157 g/mol. The highest BCUT2D eigenvalue weighted by atomic mass is 19.1. The minimum Gasteiger partial charge on any atom is -0.399 e. The van der Waals surface area contributed by atoms with Gasteiger partial charge in [-0.25, -0.2) is 4.39 Å². The number of carbonyl (C=O) groups is 1. The van der Waals surface area contributed by atoms with Gasteiger partial charge in [0.1, 0.15) is 11.6 Å². The molecule has 0 amide bonds. The second-order valence-corrected chi connectivity index (χ2v) is 2.73. The summed E-state index contributed by atoms with van der Waals surface area (Å²) in [5.41, 5.74) is 6.11. The number of benzene rings is 1. The van der Waals surface area contributed by atoms with Crippen LogP contribution in [0.3, 0.4) is 0 Å². The van der Waals surface area contributed by atoms with Crippen molar-refractivity contribution < 1.29 is 9.18 Å². The van der Waals surface area contributed by atoms with E-state index in [1.54, 1.807) is 6.07 Å². The van der Waals surface area contributed by atoms with Gasteiger partial charge in [0, 0.05) is 12.1 Å². The van der Waals surface area contributed by atoms with Gasteiger partial charge in [0.15, 0.2) is 0 Å². The number of halogens is 1. The Morgan fingerprint density at radius 3 is 2.75 bits per heavy atom. The highest BCUT2D eigenvalue weighted by Gasteiger charge is 2.04. The maximum atomic E-state index is 13.0. The lowest BCUT2D eigenvalue weighted by molar-refractivity contribution is -0.116. The van der Waals surface area contributed by atoms with Crippen LogP contribution < -0.4 is 5.73 Å². The van der Waals surface area contributed by atoms with Gasteiger partial charge in [-0.2, -0.15) is 0 Å². The molecule has 0 saturated carbocycles. The summed E-state index contributed by atoms with van der Waals surface area (Å²) in [6.07, 6.45) is 0.131. The summed E-state index contributed by atoms with van der Waals surface area (Å²) in [7, 11) is 0. The Labute approximate surface area is 70.2 Å². The molecule has 0 atom stereocenters. The molecule has 1 rings (SSSR count). The van der Waals surface area contributed by atoms with Crippen molar-refractivity contribution in [1.29, 1.82) is 0 Å². The molecule has 0 spiro atoms. The lowest BCUT2D eigenvalue weighted by atomic mass is 10.1. The van der Waals surface area contributed by atoms with Crippen LogP contribution in [0.4, 0.5) is 10.1 Å². The number of Topliss-reactive ketones (excluding diaryl/α,β-unsaturated/α-hetero) is 1. The third-order valence-corrected chi connectivity index (χ3v) is 1.52. The van der Waals surface area contributed by atoms with E-state index in [0.717, 1.165) is 0 Å². The number of hydrogen-bond donors (Lipinski definition) is 1. The van der Waals surface area contributed by atoms with Gasteiger partial charge in [-0.3, -0.25) is 4.79 Å². The van der Waals surface area contributed by atoms with Crippen molar-refractivity contribution in [1.82, 2.24) is 0 Å². The SMILES string of the molecule is CC(=O)Cc1ccc(N)cc1F. The van der Waals surface area contributed by atoms with E-state index in [0.29, 0.717) is 11.3 Å². The van der Waals surface area contributed by atoms with Crippen LogP contribution in [0, 0.1) is 5.82 Å². The predicted octanol–water partition coefficient (Wildman–Crippen LogP) is 1.54. The van der Waals surface area contributed by atoms with E-state index in [9.17, 15) is 9.18 Å². The zero-order valence-corrected chi connectivity index (χ0v) is 6.80. The fourth-order valence-corrected chi connectivity index (χ4v) is 0.975. The van der Waals surface area contributed by atoms with Gasteiger partial charge in [0.25, 0.3) is 0 Å². The van der Waals surface area contributed by atoms with Gasteiger partial charge < -0.3 is 5.73 Å². The predicted molar refractivity (Wildman–Crippen MR) is 45.2 cm³/mol. The summed E-state index contributed by atoms with van der Waals surface area (Å²) >= 11 is 0. The molecule has 1 aromatic carbocycles. The zero-order valence-electron chi connectivity index (χ0n) is 6.80. The first kappa shape index (κ1) is 8.71. The highest BCUT2D eigenvalue weighted by molar-refractivity contribution is 5.78. The molecule has 12 heavy (non-hydrogen) atoms. The molecule has 3 heteroatoms. The van der Waals surface area contributed by atoms with Crippen molar-refractivity contribution in [2.75, 3.05) is 5.73 Å². The van der Waals surface area contributed by atoms with Gasteiger partial charge in [0.2, 0.25) is 0 Å². The van der Waals surface area contributed by atoms with Crippen LogP contribution in [0.15, 0.2) is 18.2 Å². The third-order valence-electron chi connectivity index (χ3n) is 1.52. The quantitative estimate of drug-likeness (QED) is 0.679. The van der Waals surface area contributed by atoms with E-state index in [2.05, 4.69) is 0 Å². The molecule has 0 aliphatic heterocycles. The standard InChI is InChI=1S/C9H10FNO/c1-6(12)4-7-2-3-8(11)5-9(7)10/h2-3,5H,4,11H2,1H3. The number of nitrogen functional groups attached to an aromatic ring is 1. The molecule has 0 heterocycles. The Bertz CT molecular complexity index is 309. The van der Waals surface area contributed by atoms with E-state index >= 15 is 0 Å². The van der Waals surface area contributed by atoms with Gasteiger partial charge in [-0.15, -0.1) is 0 Å². The van der Waals surface area contributed by atoms with Crippen LogP contribution in [0.2, 0.25) is 0 Å². The third kappa shape index (κ3) is 2.05. The molecule has 0 aliphatic carbocycles. The molecule has 0 bridgehead atoms. The molecule has 2 nitrogen and oxygen atoms in total. The zero-order chi connectivity index (χ0) is 9.14. The van der Waals surface area contributed by atoms with Gasteiger partial charge in [-0.1, -0.05) is 6.07 Å². The van der Waals surface area contributed by atoms with Crippen molar-refractivity contribution in [2.45, 2.75) is 13.3 Å². The van der Waals surface area contributed by atoms with Gasteiger partial charge in [-0.05, 0) is 24.6 Å². The lowest BCUT2D eigenvalue weighted by Gasteiger charge is -2.00. The Morgan fingerprint density at radius 1 is 1.58 bits per heavy atom. The first-order valence-electron chi connectivity index (χ1n) is 3.63. The minimum atomic E-state index is -0.412. The van der Waals surface area contributed by atoms with Crippen LogP contribution >= 0.6 is 0 Å². The van der Waals surface area contributed by atoms with E-state index < -0.39 is 5.82 Å². The van der Waals surface area contributed by atoms with Crippen LogP contribution in [-0.4, -0.2) is 5.78 Å². The van der Waals surface area contributed by atoms with Crippen LogP contribution in [0.5, 0.6) is 0 Å². The Balaban J connectivity index is 2.93. The number of carbonyl (C=O) groups excluding carboxylic acids is 1. The van der Waals surface area contributed by atoms with Crippen molar-refractivity contribution in [3.63, 3.8) is 0 Å². The monoisotopic (exact) mass is 167 g/mol. The van der Waals surface area contributed by atoms with Gasteiger partial charge >= 0.3 is 0 Å². The summed E-state index contributed by atoms with van der Waals surface area (Å²) in [6, 6.07) is 4.34. The van der Waals surface area contributed by atoms with Crippen molar-refractivity contribution in [3.8, 4) is 0 Å². The van der Waals surface area contributed by atoms with Crippen molar-refractivity contribution >= 4 is 11.5 Å². The summed E-state index contributed by atoms with van der Waals surface area (Å²) < 4.78 is 13.0. The molecule has 0 aromatic heterocycles. The second-order valence-electron chi connectivity index (χ2n) is 2.73. The minimum absolute atomic E-state index is 0.0568. The fraction of sp³-hybridized carbons (Fsp3) is 0.222. The number of hydrogen-bond acceptors (Lipinski definition) is 2. The molecular formula is C9H10FNO. The number of nitrogens with two attached hydrogens (primary N) is 1. The normalized spacial score (nSPS) is 9.83. The van der Waals surface area contributed by atoms with E-state index in [-0.39, 0.29) is 12.2 Å². The number of rotatable bonds is 2. The Hall–Kier alpha value is -1.38. The molecule has 0 saturated heterocycles. The first-order chi connectivity index (χ1) is 5.59. The largest absolute Gasteiger partial charge is 0.399 e. The highest BCUT2D eigenvalue weighted by Crippen LogP contribution is 2.12. The second kappa shape index (κ2) is 3.34. The summed E-state index contributed by atoms with van der Waals surface area (Å²) in [6.45, 7) is 1.43. The first-order valence-corrected chi connectivity index (χ1v) is 3.63. The number of anilines is 1. The average Bonchev–Trinajstić information content (AvgIpc) is 1.94. The molecule has 2 N–H and O–H groups in total. The summed E-state index contributed by atoms with van der Waals surface area (Å²) in [5, 5.41) is 0. The van der Waals surface area contributed by atoms with Gasteiger partial charge in [0.05, 0.1) is 0 Å². The average molecular weight is 167 g/mol. The van der Waals surface area contributed by atoms with Crippen molar-refractivity contribution in [2.24, 2.45) is 0 Å². The van der Waals surface area contributed by atoms with Crippen LogP contribution in [-0.2, 0) is 11.2 Å². The maximum absolute atomic E-state index is 13.0. The molecule has 0 aliphatic rings. The molecule has 0 fully saturated rings. The Morgan fingerprint density at radius 2 is 2.25 bits per heavy atom. The van der Waals surface area contributed by atoms with Crippen molar-refractivity contribution in [3.05, 3.63) is 29.6 Å². The molecule has 1 aromatic rings. The van der Waals surface area contributed by atoms with Crippen LogP contribution in [0.1, 0.15) is 12.5 Å². The molecule has 64 valence electrons. The number of ketones is 1. The molecule has 0 unspecified atom stereocenters. The molecule has 0 radical (unpaired) electrons. The Kier molecular flexibility index (Phi) is 2.43. The van der Waals surface area contributed by atoms with E-state index in [1.165, 1.54) is 19.1 Å². The topological polar surface area (TPSA) is 43.1 Å². The van der Waals surface area contributed by atoms with Crippen LogP contribution in [0.25, 0.3) is 0 Å². The maximum Gasteiger partial charge on any atom is 0.134 e. The summed E-state index contributed by atoms with van der Waals surface area (Å²) in [4.78, 5) is 10.7. The van der Waals surface area contributed by atoms with E-state index in [1.807, 2.05) is 0 Å². The van der Waals surface area contributed by atoms with E-state index in [4.69, 9.17) is 5.73 Å². The lowest BCUT2D eigenvalue weighted by Crippen LogP contribution is -2.00. The summed E-state index contributed by atoms with van der Waals surface area (Å²) in [5.74, 6) is -0.469. The smallest absolute Gasteiger partial charge is 0.134 e.